The van der Waals surface area contributed by atoms with Crippen LogP contribution in [0.4, 0.5) is 13.2 Å². The Morgan fingerprint density at radius 1 is 1.43 bits per heavy atom. The predicted molar refractivity (Wildman–Crippen MR) is 43.7 cm³/mol. The molecule has 0 fully saturated rings. The van der Waals surface area contributed by atoms with Crippen LogP contribution in [0.5, 0.6) is 5.88 Å². The summed E-state index contributed by atoms with van der Waals surface area (Å²) < 4.78 is 39.9. The average molecular weight is 206 g/mol. The van der Waals surface area contributed by atoms with Crippen molar-refractivity contribution in [3.63, 3.8) is 0 Å². The summed E-state index contributed by atoms with van der Waals surface area (Å²) in [5, 5.41) is 0. The number of nitrogens with zero attached hydrogens (tertiary/aromatic N) is 1. The predicted octanol–water partition coefficient (Wildman–Crippen LogP) is 1.48. The fourth-order valence-electron chi connectivity index (χ4n) is 0.860. The minimum absolute atomic E-state index is 0.0627. The van der Waals surface area contributed by atoms with Crippen molar-refractivity contribution >= 4 is 0 Å². The van der Waals surface area contributed by atoms with Crippen LogP contribution >= 0.6 is 0 Å². The summed E-state index contributed by atoms with van der Waals surface area (Å²) in [7, 11) is 0. The van der Waals surface area contributed by atoms with E-state index in [1.165, 1.54) is 6.20 Å². The van der Waals surface area contributed by atoms with E-state index in [2.05, 4.69) is 9.72 Å². The Balaban J connectivity index is 2.67. The Bertz CT molecular complexity index is 301. The first kappa shape index (κ1) is 10.8. The van der Waals surface area contributed by atoms with Crippen LogP contribution in [0.3, 0.4) is 0 Å². The Morgan fingerprint density at radius 2 is 2.14 bits per heavy atom. The van der Waals surface area contributed by atoms with Gasteiger partial charge in [-0.15, -0.1) is 0 Å². The van der Waals surface area contributed by atoms with Crippen LogP contribution in [0.15, 0.2) is 18.3 Å². The van der Waals surface area contributed by atoms with Crippen LogP contribution in [0.2, 0.25) is 0 Å². The van der Waals surface area contributed by atoms with Crippen molar-refractivity contribution in [1.82, 2.24) is 4.98 Å². The van der Waals surface area contributed by atoms with Crippen molar-refractivity contribution in [1.29, 1.82) is 0 Å². The Morgan fingerprint density at radius 3 is 2.71 bits per heavy atom. The molecular formula is C8H9F3N2O. The lowest BCUT2D eigenvalue weighted by atomic mass is 10.3. The highest BCUT2D eigenvalue weighted by molar-refractivity contribution is 5.24. The second-order valence-corrected chi connectivity index (χ2v) is 2.58. The third-order valence-electron chi connectivity index (χ3n) is 1.44. The Kier molecular flexibility index (Phi) is 3.29. The van der Waals surface area contributed by atoms with Crippen LogP contribution in [0.1, 0.15) is 5.56 Å². The second kappa shape index (κ2) is 4.28. The van der Waals surface area contributed by atoms with Crippen LogP contribution in [0.25, 0.3) is 0 Å². The number of nitrogens with two attached hydrogens (primary N) is 1. The fourth-order valence-corrected chi connectivity index (χ4v) is 0.860. The molecule has 6 heteroatoms. The van der Waals surface area contributed by atoms with Gasteiger partial charge >= 0.3 is 6.18 Å². The summed E-state index contributed by atoms with van der Waals surface area (Å²) in [4.78, 5) is 3.65. The molecule has 1 aromatic heterocycles. The number of pyridine rings is 1. The molecule has 1 aromatic rings. The Hall–Kier alpha value is -1.30. The molecule has 0 unspecified atom stereocenters. The number of alkyl halides is 3. The van der Waals surface area contributed by atoms with Gasteiger partial charge in [-0.05, 0) is 6.07 Å². The molecule has 3 nitrogen and oxygen atoms in total. The fraction of sp³-hybridized carbons (Fsp3) is 0.375. The van der Waals surface area contributed by atoms with E-state index >= 15 is 0 Å². The monoisotopic (exact) mass is 206 g/mol. The molecule has 2 N–H and O–H groups in total. The zero-order chi connectivity index (χ0) is 10.6. The molecule has 14 heavy (non-hydrogen) atoms. The molecule has 0 amide bonds. The molecular weight excluding hydrogens is 197 g/mol. The van der Waals surface area contributed by atoms with E-state index in [0.717, 1.165) is 0 Å². The summed E-state index contributed by atoms with van der Waals surface area (Å²) in [5.74, 6) is -0.0627. The van der Waals surface area contributed by atoms with Crippen molar-refractivity contribution < 1.29 is 17.9 Å². The molecule has 0 aromatic carbocycles. The number of halogens is 3. The molecule has 0 radical (unpaired) electrons. The minimum atomic E-state index is -4.36. The van der Waals surface area contributed by atoms with Gasteiger partial charge < -0.3 is 10.5 Å². The maximum Gasteiger partial charge on any atom is 0.422 e. The number of rotatable bonds is 3. The molecule has 1 rings (SSSR count). The molecule has 0 saturated carbocycles. The molecule has 0 atom stereocenters. The van der Waals surface area contributed by atoms with Crippen LogP contribution in [0, 0.1) is 0 Å². The number of ether oxygens (including phenoxy) is 1. The van der Waals surface area contributed by atoms with Crippen LogP contribution in [-0.2, 0) is 6.54 Å². The first-order chi connectivity index (χ1) is 6.53. The molecule has 0 spiro atoms. The van der Waals surface area contributed by atoms with E-state index < -0.39 is 12.8 Å². The quantitative estimate of drug-likeness (QED) is 0.814. The van der Waals surface area contributed by atoms with Crippen molar-refractivity contribution in [2.45, 2.75) is 12.7 Å². The molecule has 0 aliphatic rings. The molecule has 0 aliphatic carbocycles. The van der Waals surface area contributed by atoms with E-state index in [9.17, 15) is 13.2 Å². The van der Waals surface area contributed by atoms with E-state index in [1.54, 1.807) is 12.1 Å². The molecule has 0 bridgehead atoms. The average Bonchev–Trinajstić information content (AvgIpc) is 2.14. The van der Waals surface area contributed by atoms with E-state index in [0.29, 0.717) is 5.56 Å². The van der Waals surface area contributed by atoms with Gasteiger partial charge in [-0.25, -0.2) is 4.98 Å². The second-order valence-electron chi connectivity index (χ2n) is 2.58. The smallest absolute Gasteiger partial charge is 0.422 e. The number of hydrogen-bond acceptors (Lipinski definition) is 3. The molecule has 78 valence electrons. The first-order valence-electron chi connectivity index (χ1n) is 3.86. The van der Waals surface area contributed by atoms with Crippen molar-refractivity contribution in [2.75, 3.05) is 6.61 Å². The van der Waals surface area contributed by atoms with Crippen molar-refractivity contribution in [3.8, 4) is 5.88 Å². The molecule has 0 saturated heterocycles. The van der Waals surface area contributed by atoms with Crippen molar-refractivity contribution in [2.24, 2.45) is 5.73 Å². The number of hydrogen-bond donors (Lipinski definition) is 1. The van der Waals surface area contributed by atoms with E-state index in [1.807, 2.05) is 0 Å². The lowest BCUT2D eigenvalue weighted by Crippen LogP contribution is -2.20. The normalized spacial score (nSPS) is 11.4. The summed E-state index contributed by atoms with van der Waals surface area (Å²) in [6.45, 7) is -1.25. The van der Waals surface area contributed by atoms with Crippen LogP contribution < -0.4 is 10.5 Å². The van der Waals surface area contributed by atoms with Gasteiger partial charge in [0, 0.05) is 18.3 Å². The van der Waals surface area contributed by atoms with Gasteiger partial charge in [0.25, 0.3) is 0 Å². The summed E-state index contributed by atoms with van der Waals surface area (Å²) in [6.07, 6.45) is -3.01. The Labute approximate surface area is 78.7 Å². The lowest BCUT2D eigenvalue weighted by molar-refractivity contribution is -0.154. The SMILES string of the molecule is NCc1cccnc1OCC(F)(F)F. The van der Waals surface area contributed by atoms with Gasteiger partial charge in [0.2, 0.25) is 5.88 Å². The van der Waals surface area contributed by atoms with Crippen molar-refractivity contribution in [3.05, 3.63) is 23.9 Å². The topological polar surface area (TPSA) is 48.1 Å². The maximum atomic E-state index is 11.8. The third kappa shape index (κ3) is 3.21. The van der Waals surface area contributed by atoms with Gasteiger partial charge in [-0.1, -0.05) is 6.07 Å². The van der Waals surface area contributed by atoms with E-state index in [4.69, 9.17) is 5.73 Å². The highest BCUT2D eigenvalue weighted by atomic mass is 19.4. The first-order valence-corrected chi connectivity index (χ1v) is 3.86. The standard InChI is InChI=1S/C8H9F3N2O/c9-8(10,11)5-14-7-6(4-12)2-1-3-13-7/h1-3H,4-5,12H2. The lowest BCUT2D eigenvalue weighted by Gasteiger charge is -2.10. The van der Waals surface area contributed by atoms with Crippen LogP contribution in [-0.4, -0.2) is 17.8 Å². The van der Waals surface area contributed by atoms with Gasteiger partial charge in [0.1, 0.15) is 0 Å². The number of aromatic nitrogens is 1. The van der Waals surface area contributed by atoms with Gasteiger partial charge in [-0.3, -0.25) is 0 Å². The highest BCUT2D eigenvalue weighted by Crippen LogP contribution is 2.19. The molecule has 1 heterocycles. The zero-order valence-corrected chi connectivity index (χ0v) is 7.21. The van der Waals surface area contributed by atoms with Gasteiger partial charge in [0.15, 0.2) is 6.61 Å². The largest absolute Gasteiger partial charge is 0.468 e. The summed E-state index contributed by atoms with van der Waals surface area (Å²) >= 11 is 0. The third-order valence-corrected chi connectivity index (χ3v) is 1.44. The van der Waals surface area contributed by atoms with Gasteiger partial charge in [-0.2, -0.15) is 13.2 Å². The van der Waals surface area contributed by atoms with Gasteiger partial charge in [0.05, 0.1) is 0 Å². The minimum Gasteiger partial charge on any atom is -0.468 e. The maximum absolute atomic E-state index is 11.8. The zero-order valence-electron chi connectivity index (χ0n) is 7.21. The highest BCUT2D eigenvalue weighted by Gasteiger charge is 2.28. The summed E-state index contributed by atoms with van der Waals surface area (Å²) in [5.41, 5.74) is 5.74. The molecule has 0 aliphatic heterocycles. The van der Waals surface area contributed by atoms with E-state index in [-0.39, 0.29) is 12.4 Å². The summed E-state index contributed by atoms with van der Waals surface area (Å²) in [6, 6.07) is 3.15.